The summed E-state index contributed by atoms with van der Waals surface area (Å²) in [5, 5.41) is 0. The van der Waals surface area contributed by atoms with Crippen LogP contribution in [0, 0.1) is 0 Å². The molecule has 0 saturated carbocycles. The Hall–Kier alpha value is -0.820. The zero-order chi connectivity index (χ0) is 24.7. The van der Waals surface area contributed by atoms with Gasteiger partial charge in [-0.1, -0.05) is 22.6 Å². The molecule has 2 rings (SSSR count). The monoisotopic (exact) mass is 590 g/mol. The van der Waals surface area contributed by atoms with Gasteiger partial charge in [0.15, 0.2) is 0 Å². The van der Waals surface area contributed by atoms with Gasteiger partial charge in [-0.2, -0.15) is 8.42 Å². The quantitative estimate of drug-likeness (QED) is 0.270. The molecular formula is C21H39IN2O7S. The molecule has 2 heterocycles. The highest BCUT2D eigenvalue weighted by molar-refractivity contribution is 14.1. The molecule has 32 heavy (non-hydrogen) atoms. The van der Waals surface area contributed by atoms with Crippen LogP contribution in [0.25, 0.3) is 0 Å². The summed E-state index contributed by atoms with van der Waals surface area (Å²) in [4.78, 5) is 26.8. The Balaban J connectivity index is 0.000000330. The largest absolute Gasteiger partial charge is 0.444 e. The highest BCUT2D eigenvalue weighted by Crippen LogP contribution is 2.20. The van der Waals surface area contributed by atoms with Crippen LogP contribution in [0.1, 0.15) is 67.2 Å². The number of alkyl halides is 1. The lowest BCUT2D eigenvalue weighted by atomic mass is 10.1. The summed E-state index contributed by atoms with van der Waals surface area (Å²) < 4.78 is 38.1. The molecule has 2 aliphatic heterocycles. The van der Waals surface area contributed by atoms with Crippen molar-refractivity contribution in [3.8, 4) is 0 Å². The molecule has 11 heteroatoms. The average Bonchev–Trinajstić information content (AvgIpc) is 2.58. The lowest BCUT2D eigenvalue weighted by Gasteiger charge is -2.33. The summed E-state index contributed by atoms with van der Waals surface area (Å²) in [6, 6.07) is 0. The number of rotatable bonds is 2. The Morgan fingerprint density at radius 1 is 0.844 bits per heavy atom. The van der Waals surface area contributed by atoms with Crippen LogP contribution in [0.2, 0.25) is 0 Å². The molecule has 2 unspecified atom stereocenters. The zero-order valence-electron chi connectivity index (χ0n) is 20.3. The third-order valence-electron chi connectivity index (χ3n) is 4.36. The third-order valence-corrected chi connectivity index (χ3v) is 5.99. The molecule has 2 aliphatic rings. The SMILES string of the molecule is CC(C)(C)OC(=O)N1CCCC(I)C1.CC(C)(C)OC(=O)N1CCCC(OS(C)(=O)=O)C1. The number of likely N-dealkylation sites (tertiary alicyclic amines) is 2. The number of hydrogen-bond acceptors (Lipinski definition) is 7. The Labute approximate surface area is 206 Å². The molecule has 0 N–H and O–H groups in total. The second-order valence-electron chi connectivity index (χ2n) is 10.2. The molecule has 9 nitrogen and oxygen atoms in total. The minimum Gasteiger partial charge on any atom is -0.444 e. The van der Waals surface area contributed by atoms with E-state index in [1.54, 1.807) is 20.8 Å². The second-order valence-corrected chi connectivity index (χ2v) is 13.5. The first kappa shape index (κ1) is 29.2. The van der Waals surface area contributed by atoms with Gasteiger partial charge in [-0.15, -0.1) is 0 Å². The van der Waals surface area contributed by atoms with Gasteiger partial charge in [-0.05, 0) is 67.2 Å². The number of hydrogen-bond donors (Lipinski definition) is 0. The normalized spacial score (nSPS) is 22.5. The van der Waals surface area contributed by atoms with E-state index in [9.17, 15) is 18.0 Å². The van der Waals surface area contributed by atoms with Crippen LogP contribution in [0.3, 0.4) is 0 Å². The molecule has 188 valence electrons. The van der Waals surface area contributed by atoms with E-state index in [0.717, 1.165) is 25.8 Å². The van der Waals surface area contributed by atoms with Gasteiger partial charge in [0.2, 0.25) is 0 Å². The van der Waals surface area contributed by atoms with Crippen molar-refractivity contribution in [3.63, 3.8) is 0 Å². The lowest BCUT2D eigenvalue weighted by molar-refractivity contribution is 0.00847. The summed E-state index contributed by atoms with van der Waals surface area (Å²) in [5.74, 6) is 0. The van der Waals surface area contributed by atoms with Crippen molar-refractivity contribution in [3.05, 3.63) is 0 Å². The number of nitrogens with zero attached hydrogens (tertiary/aromatic N) is 2. The summed E-state index contributed by atoms with van der Waals surface area (Å²) in [5.41, 5.74) is -0.934. The van der Waals surface area contributed by atoms with Crippen LogP contribution in [-0.2, 0) is 23.8 Å². The van der Waals surface area contributed by atoms with Gasteiger partial charge in [0.05, 0.1) is 18.9 Å². The van der Waals surface area contributed by atoms with Crippen molar-refractivity contribution in [1.29, 1.82) is 0 Å². The first-order valence-corrected chi connectivity index (χ1v) is 14.0. The molecule has 0 spiro atoms. The first-order chi connectivity index (χ1) is 14.5. The van der Waals surface area contributed by atoms with Crippen LogP contribution in [-0.4, -0.2) is 84.1 Å². The van der Waals surface area contributed by atoms with Gasteiger partial charge < -0.3 is 19.3 Å². The van der Waals surface area contributed by atoms with Crippen LogP contribution < -0.4 is 0 Å². The van der Waals surface area contributed by atoms with E-state index in [1.165, 1.54) is 11.3 Å². The van der Waals surface area contributed by atoms with Gasteiger partial charge in [0.25, 0.3) is 10.1 Å². The van der Waals surface area contributed by atoms with E-state index in [0.29, 0.717) is 23.3 Å². The summed E-state index contributed by atoms with van der Waals surface area (Å²) in [6.07, 6.45) is 3.59. The number of halogens is 1. The Kier molecular flexibility index (Phi) is 11.0. The molecule has 2 saturated heterocycles. The number of piperidine rings is 2. The van der Waals surface area contributed by atoms with E-state index in [1.807, 2.05) is 25.7 Å². The predicted octanol–water partition coefficient (Wildman–Crippen LogP) is 4.18. The van der Waals surface area contributed by atoms with Crippen molar-refractivity contribution in [2.24, 2.45) is 0 Å². The number of carbonyl (C=O) groups is 2. The lowest BCUT2D eigenvalue weighted by Crippen LogP contribution is -2.45. The fourth-order valence-corrected chi connectivity index (χ4v) is 4.74. The van der Waals surface area contributed by atoms with Crippen LogP contribution >= 0.6 is 22.6 Å². The maximum Gasteiger partial charge on any atom is 0.410 e. The molecular weight excluding hydrogens is 551 g/mol. The summed E-state index contributed by atoms with van der Waals surface area (Å²) in [7, 11) is -3.49. The molecule has 0 radical (unpaired) electrons. The van der Waals surface area contributed by atoms with Gasteiger partial charge in [-0.25, -0.2) is 9.59 Å². The van der Waals surface area contributed by atoms with Crippen molar-refractivity contribution in [2.75, 3.05) is 32.4 Å². The highest BCUT2D eigenvalue weighted by atomic mass is 127. The van der Waals surface area contributed by atoms with Crippen LogP contribution in [0.4, 0.5) is 9.59 Å². The maximum absolute atomic E-state index is 11.8. The number of carbonyl (C=O) groups excluding carboxylic acids is 2. The predicted molar refractivity (Wildman–Crippen MR) is 132 cm³/mol. The number of ether oxygens (including phenoxy) is 2. The second kappa shape index (κ2) is 12.0. The van der Waals surface area contributed by atoms with Gasteiger partial charge >= 0.3 is 12.2 Å². The van der Waals surface area contributed by atoms with Gasteiger partial charge in [0, 0.05) is 23.6 Å². The van der Waals surface area contributed by atoms with Crippen molar-refractivity contribution < 1.29 is 31.7 Å². The molecule has 0 aromatic heterocycles. The smallest absolute Gasteiger partial charge is 0.410 e. The fourth-order valence-electron chi connectivity index (χ4n) is 3.17. The van der Waals surface area contributed by atoms with E-state index in [4.69, 9.17) is 13.7 Å². The van der Waals surface area contributed by atoms with Gasteiger partial charge in [0.1, 0.15) is 11.2 Å². The molecule has 0 aliphatic carbocycles. The van der Waals surface area contributed by atoms with E-state index in [2.05, 4.69) is 22.6 Å². The average molecular weight is 591 g/mol. The third kappa shape index (κ3) is 13.0. The minimum absolute atomic E-state index is 0.168. The molecule has 2 atom stereocenters. The Morgan fingerprint density at radius 3 is 1.69 bits per heavy atom. The molecule has 0 aromatic carbocycles. The van der Waals surface area contributed by atoms with Crippen molar-refractivity contribution in [2.45, 2.75) is 88.5 Å². The van der Waals surface area contributed by atoms with Crippen molar-refractivity contribution >= 4 is 44.9 Å². The molecule has 2 fully saturated rings. The fraction of sp³-hybridized carbons (Fsp3) is 0.905. The zero-order valence-corrected chi connectivity index (χ0v) is 23.3. The highest BCUT2D eigenvalue weighted by Gasteiger charge is 2.30. The van der Waals surface area contributed by atoms with E-state index >= 15 is 0 Å². The topological polar surface area (TPSA) is 102 Å². The van der Waals surface area contributed by atoms with E-state index < -0.39 is 27.9 Å². The molecule has 0 bridgehead atoms. The molecule has 0 aromatic rings. The maximum atomic E-state index is 11.8. The van der Waals surface area contributed by atoms with E-state index in [-0.39, 0.29) is 18.2 Å². The standard InChI is InChI=1S/C11H21NO5S.C10H18INO2/c1-11(2,3)16-10(13)12-7-5-6-9(8-12)17-18(4,14)15;1-10(2,3)14-9(13)12-6-4-5-8(11)7-12/h9H,5-8H2,1-4H3;8H,4-7H2,1-3H3. The first-order valence-electron chi connectivity index (χ1n) is 10.9. The Morgan fingerprint density at radius 2 is 1.28 bits per heavy atom. The van der Waals surface area contributed by atoms with Crippen LogP contribution in [0.5, 0.6) is 0 Å². The number of amides is 2. The summed E-state index contributed by atoms with van der Waals surface area (Å²) >= 11 is 2.39. The minimum atomic E-state index is -3.49. The summed E-state index contributed by atoms with van der Waals surface area (Å²) in [6.45, 7) is 13.6. The molecule has 2 amide bonds. The van der Waals surface area contributed by atoms with Crippen LogP contribution in [0.15, 0.2) is 0 Å². The van der Waals surface area contributed by atoms with Crippen molar-refractivity contribution in [1.82, 2.24) is 9.80 Å². The Bertz CT molecular complexity index is 731. The van der Waals surface area contributed by atoms with Gasteiger partial charge in [-0.3, -0.25) is 4.18 Å².